The average molecular weight is 231 g/mol. The largest absolute Gasteiger partial charge is 0.396 e. The first-order valence-corrected chi connectivity index (χ1v) is 5.44. The van der Waals surface area contributed by atoms with Crippen LogP contribution in [0.4, 0.5) is 0 Å². The summed E-state index contributed by atoms with van der Waals surface area (Å²) < 4.78 is 1.55. The van der Waals surface area contributed by atoms with Crippen LogP contribution in [0.2, 0.25) is 5.15 Å². The van der Waals surface area contributed by atoms with Gasteiger partial charge >= 0.3 is 0 Å². The summed E-state index contributed by atoms with van der Waals surface area (Å²) in [6.07, 6.45) is 5.22. The van der Waals surface area contributed by atoms with Gasteiger partial charge in [-0.3, -0.25) is 9.36 Å². The van der Waals surface area contributed by atoms with Gasteiger partial charge in [0, 0.05) is 19.2 Å². The average Bonchev–Trinajstić information content (AvgIpc) is 2.20. The molecule has 0 saturated carbocycles. The van der Waals surface area contributed by atoms with Crippen molar-refractivity contribution in [2.45, 2.75) is 32.2 Å². The first kappa shape index (κ1) is 12.2. The molecule has 0 radical (unpaired) electrons. The van der Waals surface area contributed by atoms with E-state index < -0.39 is 0 Å². The molecule has 0 amide bonds. The molecule has 1 aromatic rings. The second-order valence-corrected chi connectivity index (χ2v) is 3.77. The van der Waals surface area contributed by atoms with Crippen molar-refractivity contribution in [3.8, 4) is 0 Å². The monoisotopic (exact) mass is 230 g/mol. The molecular weight excluding hydrogens is 216 g/mol. The summed E-state index contributed by atoms with van der Waals surface area (Å²) in [5.41, 5.74) is -0.114. The standard InChI is InChI=1S/C10H15ClN2O2/c11-9-7-10(15)13(8-12-9)5-3-1-2-4-6-14/h7-8,14H,1-6H2. The Kier molecular flexibility index (Phi) is 5.36. The summed E-state index contributed by atoms with van der Waals surface area (Å²) >= 11 is 5.57. The second-order valence-electron chi connectivity index (χ2n) is 3.38. The Bertz CT molecular complexity index is 352. The fourth-order valence-corrected chi connectivity index (χ4v) is 1.46. The minimum atomic E-state index is -0.114. The van der Waals surface area contributed by atoms with Crippen molar-refractivity contribution in [1.29, 1.82) is 0 Å². The zero-order valence-corrected chi connectivity index (χ0v) is 9.28. The molecule has 0 fully saturated rings. The van der Waals surface area contributed by atoms with Crippen LogP contribution in [0, 0.1) is 0 Å². The molecule has 15 heavy (non-hydrogen) atoms. The van der Waals surface area contributed by atoms with Crippen molar-refractivity contribution >= 4 is 11.6 Å². The highest BCUT2D eigenvalue weighted by molar-refractivity contribution is 6.29. The Morgan fingerprint density at radius 1 is 1.33 bits per heavy atom. The molecule has 0 aliphatic carbocycles. The first-order valence-electron chi connectivity index (χ1n) is 5.07. The smallest absolute Gasteiger partial charge is 0.254 e. The van der Waals surface area contributed by atoms with Crippen LogP contribution in [0.5, 0.6) is 0 Å². The summed E-state index contributed by atoms with van der Waals surface area (Å²) in [7, 11) is 0. The number of nitrogens with zero attached hydrogens (tertiary/aromatic N) is 2. The van der Waals surface area contributed by atoms with E-state index in [-0.39, 0.29) is 17.3 Å². The van der Waals surface area contributed by atoms with Gasteiger partial charge in [0.25, 0.3) is 5.56 Å². The van der Waals surface area contributed by atoms with Crippen molar-refractivity contribution < 1.29 is 5.11 Å². The van der Waals surface area contributed by atoms with Crippen LogP contribution in [-0.4, -0.2) is 21.3 Å². The Morgan fingerprint density at radius 2 is 2.07 bits per heavy atom. The highest BCUT2D eigenvalue weighted by Crippen LogP contribution is 2.01. The molecule has 1 N–H and O–H groups in total. The Labute approximate surface area is 93.5 Å². The second kappa shape index (κ2) is 6.58. The summed E-state index contributed by atoms with van der Waals surface area (Å²) in [5, 5.41) is 8.81. The van der Waals surface area contributed by atoms with E-state index in [4.69, 9.17) is 16.7 Å². The molecule has 0 aliphatic rings. The van der Waals surface area contributed by atoms with Gasteiger partial charge in [-0.15, -0.1) is 0 Å². The van der Waals surface area contributed by atoms with Gasteiger partial charge in [0.15, 0.2) is 0 Å². The Balaban J connectivity index is 2.34. The molecule has 0 atom stereocenters. The van der Waals surface area contributed by atoms with Crippen molar-refractivity contribution in [3.63, 3.8) is 0 Å². The number of aromatic nitrogens is 2. The van der Waals surface area contributed by atoms with Gasteiger partial charge in [-0.2, -0.15) is 0 Å². The van der Waals surface area contributed by atoms with E-state index in [9.17, 15) is 4.79 Å². The Hall–Kier alpha value is -0.870. The molecule has 0 unspecified atom stereocenters. The lowest BCUT2D eigenvalue weighted by Crippen LogP contribution is -2.19. The van der Waals surface area contributed by atoms with Gasteiger partial charge in [-0.1, -0.05) is 24.4 Å². The maximum atomic E-state index is 11.4. The lowest BCUT2D eigenvalue weighted by atomic mass is 10.2. The van der Waals surface area contributed by atoms with Crippen molar-refractivity contribution in [2.75, 3.05) is 6.61 Å². The number of aliphatic hydroxyl groups is 1. The van der Waals surface area contributed by atoms with Crippen LogP contribution in [-0.2, 0) is 6.54 Å². The normalized spacial score (nSPS) is 10.5. The van der Waals surface area contributed by atoms with E-state index in [2.05, 4.69) is 4.98 Å². The molecule has 0 bridgehead atoms. The lowest BCUT2D eigenvalue weighted by Gasteiger charge is -2.04. The quantitative estimate of drug-likeness (QED) is 0.595. The molecule has 1 heterocycles. The van der Waals surface area contributed by atoms with Crippen LogP contribution in [0.3, 0.4) is 0 Å². The van der Waals surface area contributed by atoms with Gasteiger partial charge in [0.1, 0.15) is 5.15 Å². The highest BCUT2D eigenvalue weighted by atomic mass is 35.5. The molecule has 5 heteroatoms. The first-order chi connectivity index (χ1) is 7.24. The van der Waals surface area contributed by atoms with Crippen molar-refractivity contribution in [1.82, 2.24) is 9.55 Å². The van der Waals surface area contributed by atoms with Gasteiger partial charge in [0.05, 0.1) is 6.33 Å². The Morgan fingerprint density at radius 3 is 2.73 bits per heavy atom. The van der Waals surface area contributed by atoms with Gasteiger partial charge in [-0.25, -0.2) is 4.98 Å². The topological polar surface area (TPSA) is 55.1 Å². The van der Waals surface area contributed by atoms with E-state index >= 15 is 0 Å². The number of unbranched alkanes of at least 4 members (excludes halogenated alkanes) is 3. The van der Waals surface area contributed by atoms with Gasteiger partial charge in [-0.05, 0) is 12.8 Å². The van der Waals surface area contributed by atoms with Gasteiger partial charge < -0.3 is 5.11 Å². The molecule has 0 aromatic carbocycles. The number of hydrogen-bond donors (Lipinski definition) is 1. The maximum Gasteiger partial charge on any atom is 0.254 e. The van der Waals surface area contributed by atoms with E-state index in [1.165, 1.54) is 12.4 Å². The van der Waals surface area contributed by atoms with Crippen LogP contribution in [0.25, 0.3) is 0 Å². The highest BCUT2D eigenvalue weighted by Gasteiger charge is 1.97. The van der Waals surface area contributed by atoms with E-state index in [1.807, 2.05) is 0 Å². The number of rotatable bonds is 6. The van der Waals surface area contributed by atoms with Crippen molar-refractivity contribution in [3.05, 3.63) is 27.9 Å². The van der Waals surface area contributed by atoms with Crippen LogP contribution < -0.4 is 5.56 Å². The van der Waals surface area contributed by atoms with E-state index in [0.29, 0.717) is 6.54 Å². The zero-order valence-electron chi connectivity index (χ0n) is 8.53. The lowest BCUT2D eigenvalue weighted by molar-refractivity contribution is 0.282. The summed E-state index contributed by atoms with van der Waals surface area (Å²) in [5.74, 6) is 0. The molecule has 1 rings (SSSR count). The van der Waals surface area contributed by atoms with Gasteiger partial charge in [0.2, 0.25) is 0 Å². The summed E-state index contributed by atoms with van der Waals surface area (Å²) in [6.45, 7) is 0.900. The molecule has 84 valence electrons. The predicted octanol–water partition coefficient (Wildman–Crippen LogP) is 1.45. The molecule has 1 aromatic heterocycles. The maximum absolute atomic E-state index is 11.4. The minimum Gasteiger partial charge on any atom is -0.396 e. The van der Waals surface area contributed by atoms with E-state index in [0.717, 1.165) is 25.7 Å². The molecular formula is C10H15ClN2O2. The van der Waals surface area contributed by atoms with E-state index in [1.54, 1.807) is 4.57 Å². The number of aryl methyl sites for hydroxylation is 1. The number of halogens is 1. The summed E-state index contributed by atoms with van der Waals surface area (Å²) in [6, 6.07) is 1.31. The third-order valence-electron chi connectivity index (χ3n) is 2.15. The van der Waals surface area contributed by atoms with Crippen molar-refractivity contribution in [2.24, 2.45) is 0 Å². The fraction of sp³-hybridized carbons (Fsp3) is 0.600. The SMILES string of the molecule is O=c1cc(Cl)ncn1CCCCCCO. The molecule has 0 aliphatic heterocycles. The molecule has 4 nitrogen and oxygen atoms in total. The zero-order chi connectivity index (χ0) is 11.1. The number of hydrogen-bond acceptors (Lipinski definition) is 3. The van der Waals surface area contributed by atoms with Crippen LogP contribution in [0.15, 0.2) is 17.2 Å². The molecule has 0 saturated heterocycles. The predicted molar refractivity (Wildman–Crippen MR) is 59.1 cm³/mol. The third kappa shape index (κ3) is 4.44. The third-order valence-corrected chi connectivity index (χ3v) is 2.36. The van der Waals surface area contributed by atoms with Crippen LogP contribution >= 0.6 is 11.6 Å². The fourth-order valence-electron chi connectivity index (χ4n) is 1.32. The summed E-state index contributed by atoms with van der Waals surface area (Å²) in [4.78, 5) is 15.2. The number of aliphatic hydroxyl groups excluding tert-OH is 1. The molecule has 0 spiro atoms. The van der Waals surface area contributed by atoms with Crippen LogP contribution in [0.1, 0.15) is 25.7 Å². The minimum absolute atomic E-state index is 0.114.